The number of rotatable bonds is 3. The molecule has 0 aliphatic carbocycles. The van der Waals surface area contributed by atoms with Crippen molar-refractivity contribution in [2.45, 2.75) is 19.9 Å². The highest BCUT2D eigenvalue weighted by atomic mass is 35.5. The van der Waals surface area contributed by atoms with Crippen molar-refractivity contribution in [3.8, 4) is 11.4 Å². The van der Waals surface area contributed by atoms with Gasteiger partial charge in [-0.15, -0.1) is 10.2 Å². The molecule has 0 saturated heterocycles. The maximum Gasteiger partial charge on any atom is 0.204 e. The van der Waals surface area contributed by atoms with Gasteiger partial charge in [-0.2, -0.15) is 0 Å². The first-order chi connectivity index (χ1) is 11.6. The number of hydrogen-bond acceptors (Lipinski definition) is 4. The highest BCUT2D eigenvalue weighted by molar-refractivity contribution is 6.31. The first-order valence-electron chi connectivity index (χ1n) is 7.80. The van der Waals surface area contributed by atoms with Crippen LogP contribution >= 0.6 is 11.6 Å². The summed E-state index contributed by atoms with van der Waals surface area (Å²) in [7, 11) is 0. The molecule has 0 aliphatic heterocycles. The Kier molecular flexibility index (Phi) is 3.58. The van der Waals surface area contributed by atoms with Gasteiger partial charge >= 0.3 is 0 Å². The summed E-state index contributed by atoms with van der Waals surface area (Å²) in [5.41, 5.74) is 3.41. The van der Waals surface area contributed by atoms with Crippen LogP contribution < -0.4 is 5.32 Å². The van der Waals surface area contributed by atoms with Crippen LogP contribution in [0.2, 0.25) is 5.02 Å². The minimum absolute atomic E-state index is 0.239. The van der Waals surface area contributed by atoms with Gasteiger partial charge < -0.3 is 5.32 Å². The van der Waals surface area contributed by atoms with Gasteiger partial charge in [-0.1, -0.05) is 41.9 Å². The third kappa shape index (κ3) is 2.47. The lowest BCUT2D eigenvalue weighted by atomic mass is 10.2. The number of halogens is 1. The van der Waals surface area contributed by atoms with E-state index in [0.717, 1.165) is 28.2 Å². The Hall–Kier alpha value is -2.66. The van der Waals surface area contributed by atoms with E-state index in [1.54, 1.807) is 0 Å². The molecule has 0 saturated carbocycles. The van der Waals surface area contributed by atoms with E-state index in [0.29, 0.717) is 10.7 Å². The molecule has 0 amide bonds. The average molecular weight is 338 g/mol. The number of nitrogens with one attached hydrogen (secondary N) is 1. The average Bonchev–Trinajstić information content (AvgIpc) is 3.01. The number of nitrogens with zero attached hydrogens (tertiary/aromatic N) is 4. The van der Waals surface area contributed by atoms with Crippen molar-refractivity contribution in [2.75, 3.05) is 5.32 Å². The Balaban J connectivity index is 2.10. The first-order valence-corrected chi connectivity index (χ1v) is 8.17. The third-order valence-corrected chi connectivity index (χ3v) is 3.98. The van der Waals surface area contributed by atoms with Gasteiger partial charge in [0.05, 0.1) is 11.0 Å². The lowest BCUT2D eigenvalue weighted by Gasteiger charge is -2.12. The SMILES string of the molecule is CC(C)Nc1nc2ccc(Cl)cc2n2c(-c3ccccc3)nnc12. The minimum Gasteiger partial charge on any atom is -0.365 e. The van der Waals surface area contributed by atoms with Crippen molar-refractivity contribution in [2.24, 2.45) is 0 Å². The van der Waals surface area contributed by atoms with Crippen molar-refractivity contribution in [3.63, 3.8) is 0 Å². The van der Waals surface area contributed by atoms with Gasteiger partial charge in [-0.05, 0) is 32.0 Å². The molecule has 6 heteroatoms. The van der Waals surface area contributed by atoms with Gasteiger partial charge in [0.25, 0.3) is 0 Å². The minimum atomic E-state index is 0.239. The van der Waals surface area contributed by atoms with Crippen LogP contribution in [-0.2, 0) is 0 Å². The molecule has 5 nitrogen and oxygen atoms in total. The summed E-state index contributed by atoms with van der Waals surface area (Å²) in [6.07, 6.45) is 0. The molecule has 120 valence electrons. The molecule has 0 bridgehead atoms. The van der Waals surface area contributed by atoms with Crippen molar-refractivity contribution in [1.82, 2.24) is 19.6 Å². The smallest absolute Gasteiger partial charge is 0.204 e. The van der Waals surface area contributed by atoms with E-state index >= 15 is 0 Å². The second-order valence-electron chi connectivity index (χ2n) is 5.94. The number of fused-ring (bicyclic) bond motifs is 3. The summed E-state index contributed by atoms with van der Waals surface area (Å²) < 4.78 is 2.01. The predicted octanol–water partition coefficient (Wildman–Crippen LogP) is 4.42. The maximum absolute atomic E-state index is 6.21. The number of aromatic nitrogens is 4. The van der Waals surface area contributed by atoms with Gasteiger partial charge in [-0.25, -0.2) is 4.98 Å². The van der Waals surface area contributed by atoms with Gasteiger partial charge in [0, 0.05) is 16.6 Å². The zero-order chi connectivity index (χ0) is 16.7. The molecule has 0 atom stereocenters. The fraction of sp³-hybridized carbons (Fsp3) is 0.167. The molecule has 24 heavy (non-hydrogen) atoms. The van der Waals surface area contributed by atoms with Crippen LogP contribution in [0.4, 0.5) is 5.82 Å². The fourth-order valence-corrected chi connectivity index (χ4v) is 2.92. The lowest BCUT2D eigenvalue weighted by molar-refractivity contribution is 0.890. The largest absolute Gasteiger partial charge is 0.365 e. The van der Waals surface area contributed by atoms with Gasteiger partial charge in [0.2, 0.25) is 5.65 Å². The van der Waals surface area contributed by atoms with Crippen molar-refractivity contribution >= 4 is 34.1 Å². The van der Waals surface area contributed by atoms with Crippen LogP contribution in [0.1, 0.15) is 13.8 Å². The standard InChI is InChI=1S/C18H16ClN5/c1-11(2)20-16-18-23-22-17(12-6-4-3-5-7-12)24(18)15-10-13(19)8-9-14(15)21-16/h3-11H,1-2H3,(H,20,21). The van der Waals surface area contributed by atoms with Crippen molar-refractivity contribution in [3.05, 3.63) is 53.6 Å². The zero-order valence-electron chi connectivity index (χ0n) is 13.4. The van der Waals surface area contributed by atoms with Crippen LogP contribution in [0.3, 0.4) is 0 Å². The molecule has 4 rings (SSSR count). The van der Waals surface area contributed by atoms with E-state index in [1.165, 1.54) is 0 Å². The Bertz CT molecular complexity index is 1020. The van der Waals surface area contributed by atoms with Crippen LogP contribution in [0.5, 0.6) is 0 Å². The summed E-state index contributed by atoms with van der Waals surface area (Å²) in [5.74, 6) is 1.49. The number of anilines is 1. The summed E-state index contributed by atoms with van der Waals surface area (Å²) in [5, 5.41) is 12.8. The topological polar surface area (TPSA) is 55.1 Å². The van der Waals surface area contributed by atoms with Crippen LogP contribution in [0, 0.1) is 0 Å². The lowest BCUT2D eigenvalue weighted by Crippen LogP contribution is -2.12. The molecule has 0 aliphatic rings. The normalized spacial score (nSPS) is 11.5. The van der Waals surface area contributed by atoms with Crippen molar-refractivity contribution in [1.29, 1.82) is 0 Å². The molecule has 0 unspecified atom stereocenters. The van der Waals surface area contributed by atoms with Gasteiger partial charge in [0.15, 0.2) is 11.6 Å². The molecular weight excluding hydrogens is 322 g/mol. The van der Waals surface area contributed by atoms with Crippen LogP contribution in [-0.4, -0.2) is 25.6 Å². The fourth-order valence-electron chi connectivity index (χ4n) is 2.75. The number of benzene rings is 2. The van der Waals surface area contributed by atoms with E-state index in [4.69, 9.17) is 16.6 Å². The van der Waals surface area contributed by atoms with Gasteiger partial charge in [0.1, 0.15) is 0 Å². The van der Waals surface area contributed by atoms with Crippen LogP contribution in [0.15, 0.2) is 48.5 Å². The Morgan fingerprint density at radius 1 is 1.04 bits per heavy atom. The zero-order valence-corrected chi connectivity index (χ0v) is 14.1. The maximum atomic E-state index is 6.21. The summed E-state index contributed by atoms with van der Waals surface area (Å²) in [6.45, 7) is 4.14. The van der Waals surface area contributed by atoms with Crippen molar-refractivity contribution < 1.29 is 0 Å². The molecule has 4 aromatic rings. The Morgan fingerprint density at radius 2 is 1.83 bits per heavy atom. The van der Waals surface area contributed by atoms with E-state index in [2.05, 4.69) is 29.4 Å². The summed E-state index contributed by atoms with van der Waals surface area (Å²) >= 11 is 6.21. The summed E-state index contributed by atoms with van der Waals surface area (Å²) in [6, 6.07) is 15.9. The molecule has 0 radical (unpaired) electrons. The molecule has 2 aromatic heterocycles. The van der Waals surface area contributed by atoms with E-state index < -0.39 is 0 Å². The molecule has 0 fully saturated rings. The number of hydrogen-bond donors (Lipinski definition) is 1. The highest BCUT2D eigenvalue weighted by Gasteiger charge is 2.16. The third-order valence-electron chi connectivity index (χ3n) is 3.74. The predicted molar refractivity (Wildman–Crippen MR) is 97.5 cm³/mol. The first kappa shape index (κ1) is 14.9. The molecule has 2 heterocycles. The second-order valence-corrected chi connectivity index (χ2v) is 6.38. The molecule has 1 N–H and O–H groups in total. The molecular formula is C18H16ClN5. The van der Waals surface area contributed by atoms with E-state index in [9.17, 15) is 0 Å². The quantitative estimate of drug-likeness (QED) is 0.601. The van der Waals surface area contributed by atoms with Crippen LogP contribution in [0.25, 0.3) is 28.1 Å². The Labute approximate surface area is 144 Å². The molecule has 0 spiro atoms. The molecule has 2 aromatic carbocycles. The second kappa shape index (κ2) is 5.76. The summed E-state index contributed by atoms with van der Waals surface area (Å²) in [4.78, 5) is 4.70. The monoisotopic (exact) mass is 337 g/mol. The highest BCUT2D eigenvalue weighted by Crippen LogP contribution is 2.28. The Morgan fingerprint density at radius 3 is 2.58 bits per heavy atom. The van der Waals surface area contributed by atoms with E-state index in [1.807, 2.05) is 52.9 Å². The van der Waals surface area contributed by atoms with Gasteiger partial charge in [-0.3, -0.25) is 4.40 Å². The van der Waals surface area contributed by atoms with E-state index in [-0.39, 0.29) is 6.04 Å².